The number of amides is 1. The van der Waals surface area contributed by atoms with Gasteiger partial charge in [0.05, 0.1) is 6.10 Å². The van der Waals surface area contributed by atoms with Crippen LogP contribution in [0.15, 0.2) is 24.3 Å². The fourth-order valence-electron chi connectivity index (χ4n) is 3.49. The van der Waals surface area contributed by atoms with Crippen molar-refractivity contribution in [2.45, 2.75) is 37.6 Å². The molecule has 0 saturated carbocycles. The first-order valence-electron chi connectivity index (χ1n) is 8.47. The van der Waals surface area contributed by atoms with Crippen molar-refractivity contribution >= 4 is 5.91 Å². The molecule has 0 aliphatic carbocycles. The van der Waals surface area contributed by atoms with Crippen molar-refractivity contribution in [2.75, 3.05) is 33.9 Å². The lowest BCUT2D eigenvalue weighted by Crippen LogP contribution is -2.42. The number of hydrogen-bond acceptors (Lipinski definition) is 4. The molecule has 6 heteroatoms. The molecule has 0 radical (unpaired) electrons. The van der Waals surface area contributed by atoms with E-state index in [0.29, 0.717) is 18.7 Å². The van der Waals surface area contributed by atoms with Gasteiger partial charge in [-0.3, -0.25) is 9.69 Å². The summed E-state index contributed by atoms with van der Waals surface area (Å²) >= 11 is 0. The number of rotatable bonds is 5. The summed E-state index contributed by atoms with van der Waals surface area (Å²) in [7, 11) is 3.43. The Balaban J connectivity index is 1.67. The highest BCUT2D eigenvalue weighted by Crippen LogP contribution is 2.32. The fourth-order valence-corrected chi connectivity index (χ4v) is 3.49. The topological polar surface area (TPSA) is 42.0 Å². The van der Waals surface area contributed by atoms with E-state index < -0.39 is 0 Å². The lowest BCUT2D eigenvalue weighted by Gasteiger charge is -2.32. The van der Waals surface area contributed by atoms with Crippen molar-refractivity contribution < 1.29 is 18.7 Å². The van der Waals surface area contributed by atoms with Crippen LogP contribution in [0.3, 0.4) is 0 Å². The average molecular weight is 336 g/mol. The molecule has 0 aromatic heterocycles. The van der Waals surface area contributed by atoms with E-state index in [4.69, 9.17) is 9.47 Å². The summed E-state index contributed by atoms with van der Waals surface area (Å²) in [6, 6.07) is 7.08. The molecule has 2 aliphatic heterocycles. The van der Waals surface area contributed by atoms with Crippen molar-refractivity contribution in [3.63, 3.8) is 0 Å². The zero-order valence-electron chi connectivity index (χ0n) is 14.3. The van der Waals surface area contributed by atoms with E-state index in [1.807, 2.05) is 12.1 Å². The minimum Gasteiger partial charge on any atom is -0.374 e. The standard InChI is InChI=1S/C18H25FN2O3/c1-20(2)17(22)12-24-16-11-21(15-8-5-9-23-18(15)16)10-13-6-3-4-7-14(13)19/h3-4,6-7,15-16,18H,5,8-12H2,1-2H3/t15-,16+,18+/m1/s1. The Bertz CT molecular complexity index is 581. The van der Waals surface area contributed by atoms with Crippen LogP contribution in [-0.4, -0.2) is 67.8 Å². The van der Waals surface area contributed by atoms with E-state index >= 15 is 0 Å². The minimum absolute atomic E-state index is 0.0412. The maximum Gasteiger partial charge on any atom is 0.248 e. The zero-order chi connectivity index (χ0) is 17.1. The van der Waals surface area contributed by atoms with Gasteiger partial charge in [0.15, 0.2) is 0 Å². The van der Waals surface area contributed by atoms with Crippen LogP contribution in [0.25, 0.3) is 0 Å². The van der Waals surface area contributed by atoms with Gasteiger partial charge in [-0.25, -0.2) is 4.39 Å². The molecule has 3 atom stereocenters. The zero-order valence-corrected chi connectivity index (χ0v) is 14.3. The molecule has 2 heterocycles. The lowest BCUT2D eigenvalue weighted by atomic mass is 10.0. The largest absolute Gasteiger partial charge is 0.374 e. The number of benzene rings is 1. The van der Waals surface area contributed by atoms with E-state index in [-0.39, 0.29) is 36.6 Å². The van der Waals surface area contributed by atoms with E-state index in [0.717, 1.165) is 19.4 Å². The number of carbonyl (C=O) groups is 1. The van der Waals surface area contributed by atoms with Gasteiger partial charge in [0.25, 0.3) is 0 Å². The van der Waals surface area contributed by atoms with Crippen molar-refractivity contribution in [3.05, 3.63) is 35.6 Å². The third kappa shape index (κ3) is 3.77. The first kappa shape index (κ1) is 17.3. The summed E-state index contributed by atoms with van der Waals surface area (Å²) in [6.45, 7) is 1.97. The van der Waals surface area contributed by atoms with Gasteiger partial charge in [-0.05, 0) is 18.9 Å². The van der Waals surface area contributed by atoms with Crippen LogP contribution in [0.4, 0.5) is 4.39 Å². The van der Waals surface area contributed by atoms with Crippen LogP contribution in [-0.2, 0) is 20.8 Å². The van der Waals surface area contributed by atoms with Gasteiger partial charge in [0.2, 0.25) is 5.91 Å². The Morgan fingerprint density at radius 2 is 2.21 bits per heavy atom. The average Bonchev–Trinajstić information content (AvgIpc) is 2.93. The van der Waals surface area contributed by atoms with Gasteiger partial charge in [-0.1, -0.05) is 18.2 Å². The van der Waals surface area contributed by atoms with Crippen LogP contribution in [0.5, 0.6) is 0 Å². The van der Waals surface area contributed by atoms with E-state index in [9.17, 15) is 9.18 Å². The van der Waals surface area contributed by atoms with Crippen molar-refractivity contribution in [2.24, 2.45) is 0 Å². The van der Waals surface area contributed by atoms with Gasteiger partial charge in [-0.15, -0.1) is 0 Å². The molecule has 3 rings (SSSR count). The second-order valence-corrected chi connectivity index (χ2v) is 6.70. The van der Waals surface area contributed by atoms with Crippen LogP contribution in [0.2, 0.25) is 0 Å². The SMILES string of the molecule is CN(C)C(=O)CO[C@H]1CN(Cc2ccccc2F)[C@@H]2CCCO[C@H]12. The Kier molecular flexibility index (Phi) is 5.48. The Labute approximate surface area is 142 Å². The summed E-state index contributed by atoms with van der Waals surface area (Å²) in [5.74, 6) is -0.243. The van der Waals surface area contributed by atoms with Crippen molar-refractivity contribution in [1.82, 2.24) is 9.80 Å². The monoisotopic (exact) mass is 336 g/mol. The van der Waals surface area contributed by atoms with Gasteiger partial charge in [-0.2, -0.15) is 0 Å². The molecular weight excluding hydrogens is 311 g/mol. The van der Waals surface area contributed by atoms with Gasteiger partial charge in [0.1, 0.15) is 18.5 Å². The number of likely N-dealkylation sites (tertiary alicyclic amines) is 1. The highest BCUT2D eigenvalue weighted by molar-refractivity contribution is 5.76. The molecule has 2 fully saturated rings. The number of halogens is 1. The summed E-state index contributed by atoms with van der Waals surface area (Å²) in [5.41, 5.74) is 0.687. The molecule has 1 amide bonds. The van der Waals surface area contributed by atoms with E-state index in [2.05, 4.69) is 4.90 Å². The Hall–Kier alpha value is -1.50. The highest BCUT2D eigenvalue weighted by atomic mass is 19.1. The van der Waals surface area contributed by atoms with Gasteiger partial charge < -0.3 is 14.4 Å². The normalized spacial score (nSPS) is 27.0. The quantitative estimate of drug-likeness (QED) is 0.820. The van der Waals surface area contributed by atoms with E-state index in [1.54, 1.807) is 20.2 Å². The molecule has 1 aromatic carbocycles. The number of carbonyl (C=O) groups excluding carboxylic acids is 1. The van der Waals surface area contributed by atoms with Gasteiger partial charge in [0, 0.05) is 45.4 Å². The minimum atomic E-state index is -0.182. The molecule has 0 unspecified atom stereocenters. The van der Waals surface area contributed by atoms with Crippen LogP contribution >= 0.6 is 0 Å². The molecule has 0 bridgehead atoms. The molecule has 24 heavy (non-hydrogen) atoms. The third-order valence-electron chi connectivity index (χ3n) is 4.83. The summed E-state index contributed by atoms with van der Waals surface area (Å²) < 4.78 is 25.7. The fraction of sp³-hybridized carbons (Fsp3) is 0.611. The third-order valence-corrected chi connectivity index (χ3v) is 4.83. The lowest BCUT2D eigenvalue weighted by molar-refractivity contribution is -0.139. The predicted octanol–water partition coefficient (Wildman–Crippen LogP) is 1.66. The van der Waals surface area contributed by atoms with Crippen LogP contribution in [0, 0.1) is 5.82 Å². The van der Waals surface area contributed by atoms with Crippen LogP contribution in [0.1, 0.15) is 18.4 Å². The summed E-state index contributed by atoms with van der Waals surface area (Å²) in [5, 5.41) is 0. The number of fused-ring (bicyclic) bond motifs is 1. The number of ether oxygens (including phenoxy) is 2. The highest BCUT2D eigenvalue weighted by Gasteiger charge is 2.44. The molecule has 5 nitrogen and oxygen atoms in total. The number of hydrogen-bond donors (Lipinski definition) is 0. The smallest absolute Gasteiger partial charge is 0.248 e. The molecule has 1 aromatic rings. The maximum absolute atomic E-state index is 14.0. The maximum atomic E-state index is 14.0. The molecular formula is C18H25FN2O3. The van der Waals surface area contributed by atoms with Crippen molar-refractivity contribution in [3.8, 4) is 0 Å². The van der Waals surface area contributed by atoms with Gasteiger partial charge >= 0.3 is 0 Å². The molecule has 2 saturated heterocycles. The van der Waals surface area contributed by atoms with Crippen LogP contribution < -0.4 is 0 Å². The first-order chi connectivity index (χ1) is 11.6. The molecule has 132 valence electrons. The predicted molar refractivity (Wildman–Crippen MR) is 88.0 cm³/mol. The Morgan fingerprint density at radius 3 is 2.96 bits per heavy atom. The Morgan fingerprint density at radius 1 is 1.42 bits per heavy atom. The molecule has 0 spiro atoms. The first-order valence-corrected chi connectivity index (χ1v) is 8.47. The number of likely N-dealkylation sites (N-methyl/N-ethyl adjacent to an activating group) is 1. The van der Waals surface area contributed by atoms with E-state index in [1.165, 1.54) is 11.0 Å². The summed E-state index contributed by atoms with van der Waals surface area (Å²) in [4.78, 5) is 15.5. The molecule has 0 N–H and O–H groups in total. The second kappa shape index (κ2) is 7.59. The summed E-state index contributed by atoms with van der Waals surface area (Å²) in [6.07, 6.45) is 1.82. The second-order valence-electron chi connectivity index (χ2n) is 6.70. The number of nitrogens with zero attached hydrogens (tertiary/aromatic N) is 2. The molecule has 2 aliphatic rings. The van der Waals surface area contributed by atoms with Crippen molar-refractivity contribution in [1.29, 1.82) is 0 Å².